The van der Waals surface area contributed by atoms with Gasteiger partial charge in [0.25, 0.3) is 0 Å². The summed E-state index contributed by atoms with van der Waals surface area (Å²) in [6.45, 7) is 4.50. The van der Waals surface area contributed by atoms with E-state index in [2.05, 4.69) is 31.0 Å². The number of aromatic nitrogens is 1. The van der Waals surface area contributed by atoms with Crippen molar-refractivity contribution in [1.82, 2.24) is 4.98 Å². The maximum Gasteiger partial charge on any atom is 0.0343 e. The van der Waals surface area contributed by atoms with Crippen molar-refractivity contribution in [1.29, 1.82) is 0 Å². The summed E-state index contributed by atoms with van der Waals surface area (Å²) in [5.74, 6) is 2.16. The van der Waals surface area contributed by atoms with Crippen molar-refractivity contribution in [2.45, 2.75) is 39.5 Å². The fourth-order valence-electron chi connectivity index (χ4n) is 2.50. The minimum Gasteiger partial charge on any atom is -0.264 e. The van der Waals surface area contributed by atoms with Gasteiger partial charge in [0, 0.05) is 12.4 Å². The summed E-state index contributed by atoms with van der Waals surface area (Å²) in [6.07, 6.45) is 11.4. The molecule has 16 heavy (non-hydrogen) atoms. The molecule has 0 aromatic carbocycles. The highest BCUT2D eigenvalue weighted by atomic mass is 14.6. The van der Waals surface area contributed by atoms with Crippen molar-refractivity contribution in [2.24, 2.45) is 5.92 Å². The molecule has 0 saturated carbocycles. The monoisotopic (exact) mass is 214 g/mol. The Labute approximate surface area is 98.6 Å². The predicted molar refractivity (Wildman–Crippen MR) is 68.8 cm³/mol. The van der Waals surface area contributed by atoms with Crippen LogP contribution in [0.25, 0.3) is 5.57 Å². The molecule has 1 aromatic rings. The van der Waals surface area contributed by atoms with E-state index in [0.717, 1.165) is 0 Å². The average molecular weight is 214 g/mol. The standard InChI is InChI=1S/C15H20N/c1-12(2)14-8-4-3-5-9-15(14)13-7-6-10-16-11-13/h6-7,9-11,14H,3-5,8H2,1-2H3. The van der Waals surface area contributed by atoms with Crippen LogP contribution in [0.2, 0.25) is 0 Å². The quantitative estimate of drug-likeness (QED) is 0.716. The molecular formula is C15H20N. The van der Waals surface area contributed by atoms with Crippen LogP contribution in [-0.4, -0.2) is 4.98 Å². The summed E-state index contributed by atoms with van der Waals surface area (Å²) in [4.78, 5) is 4.23. The first kappa shape index (κ1) is 11.4. The number of rotatable bonds is 2. The Hall–Kier alpha value is -1.11. The average Bonchev–Trinajstić information content (AvgIpc) is 2.55. The van der Waals surface area contributed by atoms with Crippen LogP contribution >= 0.6 is 0 Å². The minimum absolute atomic E-state index is 0.631. The van der Waals surface area contributed by atoms with E-state index >= 15 is 0 Å². The zero-order valence-electron chi connectivity index (χ0n) is 10.2. The zero-order chi connectivity index (χ0) is 11.4. The van der Waals surface area contributed by atoms with E-state index in [9.17, 15) is 0 Å². The summed E-state index contributed by atoms with van der Waals surface area (Å²) >= 11 is 0. The van der Waals surface area contributed by atoms with Crippen molar-refractivity contribution in [2.75, 3.05) is 0 Å². The number of hydrogen-bond donors (Lipinski definition) is 0. The molecule has 0 aliphatic heterocycles. The van der Waals surface area contributed by atoms with Crippen LogP contribution in [0.15, 0.2) is 30.6 Å². The van der Waals surface area contributed by atoms with Gasteiger partial charge in [0.1, 0.15) is 0 Å². The first-order valence-corrected chi connectivity index (χ1v) is 6.19. The van der Waals surface area contributed by atoms with Gasteiger partial charge in [-0.3, -0.25) is 4.98 Å². The minimum atomic E-state index is 0.631. The largest absolute Gasteiger partial charge is 0.264 e. The predicted octanol–water partition coefficient (Wildman–Crippen LogP) is 4.27. The van der Waals surface area contributed by atoms with Gasteiger partial charge in [0.2, 0.25) is 0 Å². The van der Waals surface area contributed by atoms with Crippen molar-refractivity contribution < 1.29 is 0 Å². The molecule has 0 spiro atoms. The van der Waals surface area contributed by atoms with Gasteiger partial charge >= 0.3 is 0 Å². The van der Waals surface area contributed by atoms with E-state index in [1.807, 2.05) is 18.5 Å². The molecule has 1 aromatic heterocycles. The van der Waals surface area contributed by atoms with E-state index in [0.29, 0.717) is 5.92 Å². The Morgan fingerprint density at radius 1 is 1.31 bits per heavy atom. The molecule has 0 fully saturated rings. The Morgan fingerprint density at radius 2 is 2.19 bits per heavy atom. The van der Waals surface area contributed by atoms with Crippen molar-refractivity contribution in [3.05, 3.63) is 42.1 Å². The van der Waals surface area contributed by atoms with E-state index in [-0.39, 0.29) is 0 Å². The third kappa shape index (κ3) is 2.52. The summed E-state index contributed by atoms with van der Waals surface area (Å²) < 4.78 is 0. The smallest absolute Gasteiger partial charge is 0.0343 e. The highest BCUT2D eigenvalue weighted by Gasteiger charge is 2.21. The molecule has 1 unspecified atom stereocenters. The Bertz CT molecular complexity index is 351. The van der Waals surface area contributed by atoms with Crippen molar-refractivity contribution in [3.8, 4) is 0 Å². The lowest BCUT2D eigenvalue weighted by molar-refractivity contribution is 0.587. The highest BCUT2D eigenvalue weighted by Crippen LogP contribution is 2.36. The molecule has 1 aliphatic carbocycles. The van der Waals surface area contributed by atoms with Crippen molar-refractivity contribution in [3.63, 3.8) is 0 Å². The molecule has 1 atom stereocenters. The van der Waals surface area contributed by atoms with Crippen LogP contribution in [-0.2, 0) is 0 Å². The Balaban J connectivity index is 2.31. The fraction of sp³-hybridized carbons (Fsp3) is 0.467. The van der Waals surface area contributed by atoms with Gasteiger partial charge in [-0.1, -0.05) is 32.4 Å². The lowest BCUT2D eigenvalue weighted by atomic mass is 9.82. The molecule has 1 heterocycles. The second kappa shape index (κ2) is 5.29. The molecule has 1 radical (unpaired) electrons. The van der Waals surface area contributed by atoms with E-state index in [1.54, 1.807) is 0 Å². The molecule has 1 heteroatoms. The van der Waals surface area contributed by atoms with Gasteiger partial charge in [0.05, 0.1) is 0 Å². The molecule has 2 rings (SSSR count). The van der Waals surface area contributed by atoms with Crippen LogP contribution in [0.1, 0.15) is 45.1 Å². The van der Waals surface area contributed by atoms with E-state index in [1.165, 1.54) is 42.7 Å². The first-order valence-electron chi connectivity index (χ1n) is 6.19. The van der Waals surface area contributed by atoms with Crippen LogP contribution in [0.5, 0.6) is 0 Å². The van der Waals surface area contributed by atoms with Crippen LogP contribution in [0.4, 0.5) is 0 Å². The molecular weight excluding hydrogens is 194 g/mol. The third-order valence-corrected chi connectivity index (χ3v) is 3.38. The number of nitrogens with zero attached hydrogens (tertiary/aromatic N) is 1. The van der Waals surface area contributed by atoms with Gasteiger partial charge in [-0.2, -0.15) is 0 Å². The van der Waals surface area contributed by atoms with E-state index in [4.69, 9.17) is 0 Å². The SMILES string of the molecule is C[C](C)C1CCCCC=C1c1cccnc1. The van der Waals surface area contributed by atoms with Gasteiger partial charge in [-0.05, 0) is 48.3 Å². The van der Waals surface area contributed by atoms with Crippen molar-refractivity contribution >= 4 is 5.57 Å². The fourth-order valence-corrected chi connectivity index (χ4v) is 2.50. The first-order chi connectivity index (χ1) is 7.79. The van der Waals surface area contributed by atoms with Crippen LogP contribution in [0, 0.1) is 11.8 Å². The summed E-state index contributed by atoms with van der Waals surface area (Å²) in [5, 5.41) is 0. The third-order valence-electron chi connectivity index (χ3n) is 3.38. The maximum atomic E-state index is 4.23. The van der Waals surface area contributed by atoms with Gasteiger partial charge in [-0.15, -0.1) is 0 Å². The van der Waals surface area contributed by atoms with Crippen LogP contribution in [0.3, 0.4) is 0 Å². The van der Waals surface area contributed by atoms with Gasteiger partial charge in [0.15, 0.2) is 0 Å². The molecule has 0 bridgehead atoms. The van der Waals surface area contributed by atoms with E-state index < -0.39 is 0 Å². The second-order valence-corrected chi connectivity index (χ2v) is 4.82. The highest BCUT2D eigenvalue weighted by molar-refractivity contribution is 5.68. The second-order valence-electron chi connectivity index (χ2n) is 4.82. The van der Waals surface area contributed by atoms with Crippen LogP contribution < -0.4 is 0 Å². The summed E-state index contributed by atoms with van der Waals surface area (Å²) in [6, 6.07) is 4.21. The lowest BCUT2D eigenvalue weighted by Gasteiger charge is -2.22. The zero-order valence-corrected chi connectivity index (χ0v) is 10.2. The topological polar surface area (TPSA) is 12.9 Å². The van der Waals surface area contributed by atoms with Gasteiger partial charge < -0.3 is 0 Å². The molecule has 0 amide bonds. The number of hydrogen-bond acceptors (Lipinski definition) is 1. The molecule has 1 aliphatic rings. The molecule has 1 nitrogen and oxygen atoms in total. The maximum absolute atomic E-state index is 4.23. The summed E-state index contributed by atoms with van der Waals surface area (Å²) in [5.41, 5.74) is 2.79. The van der Waals surface area contributed by atoms with Gasteiger partial charge in [-0.25, -0.2) is 0 Å². The molecule has 85 valence electrons. The Kier molecular flexibility index (Phi) is 3.76. The lowest BCUT2D eigenvalue weighted by Crippen LogP contribution is -2.08. The normalized spacial score (nSPS) is 21.7. The number of pyridine rings is 1. The Morgan fingerprint density at radius 3 is 2.88 bits per heavy atom. The molecule has 0 N–H and O–H groups in total. The summed E-state index contributed by atoms with van der Waals surface area (Å²) in [7, 11) is 0. The molecule has 0 saturated heterocycles. The number of allylic oxidation sites excluding steroid dienone is 2.